The highest BCUT2D eigenvalue weighted by Crippen LogP contribution is 2.13. The van der Waals surface area contributed by atoms with Crippen LogP contribution in [0.1, 0.15) is 18.9 Å². The Morgan fingerprint density at radius 1 is 1.04 bits per heavy atom. The number of amides is 1. The zero-order valence-electron chi connectivity index (χ0n) is 14.6. The Hall–Kier alpha value is -2.09. The van der Waals surface area contributed by atoms with E-state index in [1.165, 1.54) is 5.56 Å². The molecule has 0 aromatic heterocycles. The third-order valence-electron chi connectivity index (χ3n) is 3.65. The number of hydrogen-bond acceptors (Lipinski definition) is 4. The van der Waals surface area contributed by atoms with Gasteiger partial charge in [0.15, 0.2) is 13.2 Å². The molecule has 1 amide bonds. The summed E-state index contributed by atoms with van der Waals surface area (Å²) in [6.45, 7) is 1.41. The van der Waals surface area contributed by atoms with E-state index in [4.69, 9.17) is 9.47 Å². The molecule has 0 bridgehead atoms. The number of halogens is 1. The van der Waals surface area contributed by atoms with E-state index in [2.05, 4.69) is 40.0 Å². The first-order chi connectivity index (χ1) is 12.5. The minimum Gasteiger partial charge on any atom is -0.482 e. The maximum absolute atomic E-state index is 11.9. The fourth-order valence-corrected chi connectivity index (χ4v) is 2.64. The lowest BCUT2D eigenvalue weighted by atomic mass is 10.1. The minimum absolute atomic E-state index is 0.00412. The van der Waals surface area contributed by atoms with Crippen molar-refractivity contribution in [1.82, 2.24) is 5.32 Å². The molecule has 2 aromatic rings. The summed E-state index contributed by atoms with van der Waals surface area (Å²) in [5.41, 5.74) is 1.23. The molecule has 26 heavy (non-hydrogen) atoms. The zero-order chi connectivity index (χ0) is 18.8. The van der Waals surface area contributed by atoms with Gasteiger partial charge in [-0.05, 0) is 72.2 Å². The van der Waals surface area contributed by atoms with Crippen molar-refractivity contribution in [3.05, 3.63) is 63.7 Å². The molecule has 0 unspecified atom stereocenters. The predicted octanol–water partition coefficient (Wildman–Crippen LogP) is 3.35. The van der Waals surface area contributed by atoms with Crippen LogP contribution in [0.15, 0.2) is 54.6 Å². The summed E-state index contributed by atoms with van der Waals surface area (Å²) in [6, 6.07) is 17.4. The van der Waals surface area contributed by atoms with Crippen LogP contribution in [0.4, 0.5) is 0 Å². The van der Waals surface area contributed by atoms with Crippen molar-refractivity contribution >= 4 is 34.5 Å². The van der Waals surface area contributed by atoms with Gasteiger partial charge in [-0.2, -0.15) is 0 Å². The van der Waals surface area contributed by atoms with Gasteiger partial charge in [-0.3, -0.25) is 4.79 Å². The molecular weight excluding hydrogens is 445 g/mol. The van der Waals surface area contributed by atoms with Gasteiger partial charge in [0.1, 0.15) is 5.75 Å². The highest BCUT2D eigenvalue weighted by atomic mass is 127. The van der Waals surface area contributed by atoms with E-state index in [0.29, 0.717) is 5.75 Å². The van der Waals surface area contributed by atoms with Gasteiger partial charge in [-0.15, -0.1) is 0 Å². The van der Waals surface area contributed by atoms with Gasteiger partial charge in [0, 0.05) is 9.61 Å². The van der Waals surface area contributed by atoms with Crippen LogP contribution in [0.3, 0.4) is 0 Å². The topological polar surface area (TPSA) is 64.6 Å². The number of aryl methyl sites for hydroxylation is 1. The lowest BCUT2D eigenvalue weighted by Gasteiger charge is -2.14. The SMILES string of the molecule is C[C@@H](CCc1ccccc1)NC(=O)COC(=O)COc1ccc(I)cc1. The standard InChI is InChI=1S/C20H22INO4/c1-15(7-8-16-5-3-2-4-6-16)22-19(23)13-26-20(24)14-25-18-11-9-17(21)10-12-18/h2-6,9-12,15H,7-8,13-14H2,1H3,(H,22,23)/t15-/m0/s1. The Morgan fingerprint density at radius 2 is 1.73 bits per heavy atom. The highest BCUT2D eigenvalue weighted by molar-refractivity contribution is 14.1. The van der Waals surface area contributed by atoms with E-state index in [9.17, 15) is 9.59 Å². The first kappa shape index (κ1) is 20.2. The van der Waals surface area contributed by atoms with Gasteiger partial charge in [-0.1, -0.05) is 30.3 Å². The molecule has 138 valence electrons. The van der Waals surface area contributed by atoms with E-state index < -0.39 is 5.97 Å². The van der Waals surface area contributed by atoms with Gasteiger partial charge in [0.05, 0.1) is 0 Å². The molecule has 1 atom stereocenters. The third kappa shape index (κ3) is 7.86. The second-order valence-electron chi connectivity index (χ2n) is 5.90. The predicted molar refractivity (Wildman–Crippen MR) is 108 cm³/mol. The van der Waals surface area contributed by atoms with E-state index in [-0.39, 0.29) is 25.2 Å². The summed E-state index contributed by atoms with van der Waals surface area (Å²) in [4.78, 5) is 23.5. The molecule has 0 fully saturated rings. The number of hydrogen-bond donors (Lipinski definition) is 1. The second-order valence-corrected chi connectivity index (χ2v) is 7.14. The Labute approximate surface area is 167 Å². The average Bonchev–Trinajstić information content (AvgIpc) is 2.65. The quantitative estimate of drug-likeness (QED) is 0.454. The van der Waals surface area contributed by atoms with Crippen molar-refractivity contribution in [3.8, 4) is 5.75 Å². The number of ether oxygens (including phenoxy) is 2. The number of carbonyl (C=O) groups is 2. The first-order valence-electron chi connectivity index (χ1n) is 8.40. The highest BCUT2D eigenvalue weighted by Gasteiger charge is 2.11. The van der Waals surface area contributed by atoms with Crippen molar-refractivity contribution in [2.75, 3.05) is 13.2 Å². The van der Waals surface area contributed by atoms with Crippen molar-refractivity contribution < 1.29 is 19.1 Å². The van der Waals surface area contributed by atoms with E-state index >= 15 is 0 Å². The molecule has 0 aliphatic carbocycles. The molecule has 2 aromatic carbocycles. The zero-order valence-corrected chi connectivity index (χ0v) is 16.8. The van der Waals surface area contributed by atoms with E-state index in [1.54, 1.807) is 12.1 Å². The molecule has 1 N–H and O–H groups in total. The Morgan fingerprint density at radius 3 is 2.42 bits per heavy atom. The van der Waals surface area contributed by atoms with Gasteiger partial charge in [-0.25, -0.2) is 4.79 Å². The monoisotopic (exact) mass is 467 g/mol. The number of carbonyl (C=O) groups excluding carboxylic acids is 2. The summed E-state index contributed by atoms with van der Waals surface area (Å²) in [5.74, 6) is -0.301. The van der Waals surface area contributed by atoms with Crippen molar-refractivity contribution in [2.24, 2.45) is 0 Å². The lowest BCUT2D eigenvalue weighted by molar-refractivity contribution is -0.150. The molecule has 6 heteroatoms. The van der Waals surface area contributed by atoms with E-state index in [0.717, 1.165) is 16.4 Å². The number of rotatable bonds is 9. The van der Waals surface area contributed by atoms with Gasteiger partial charge < -0.3 is 14.8 Å². The molecule has 2 rings (SSSR count). The summed E-state index contributed by atoms with van der Waals surface area (Å²) in [6.07, 6.45) is 1.70. The minimum atomic E-state index is -0.573. The van der Waals surface area contributed by atoms with Crippen molar-refractivity contribution in [3.63, 3.8) is 0 Å². The molecule has 0 aliphatic rings. The van der Waals surface area contributed by atoms with Crippen molar-refractivity contribution in [1.29, 1.82) is 0 Å². The number of esters is 1. The van der Waals surface area contributed by atoms with Crippen LogP contribution in [0.2, 0.25) is 0 Å². The summed E-state index contributed by atoms with van der Waals surface area (Å²) in [5, 5.41) is 2.83. The van der Waals surface area contributed by atoms with Gasteiger partial charge in [0.2, 0.25) is 0 Å². The smallest absolute Gasteiger partial charge is 0.344 e. The maximum atomic E-state index is 11.9. The molecule has 0 spiro atoms. The van der Waals surface area contributed by atoms with Crippen LogP contribution in [0.5, 0.6) is 5.75 Å². The van der Waals surface area contributed by atoms with Crippen LogP contribution in [-0.2, 0) is 20.7 Å². The molecular formula is C20H22INO4. The Kier molecular flexibility index (Phi) is 8.40. The number of nitrogens with one attached hydrogen (secondary N) is 1. The van der Waals surface area contributed by atoms with Crippen LogP contribution in [0.25, 0.3) is 0 Å². The lowest BCUT2D eigenvalue weighted by Crippen LogP contribution is -2.36. The van der Waals surface area contributed by atoms with Crippen LogP contribution < -0.4 is 10.1 Å². The largest absolute Gasteiger partial charge is 0.482 e. The van der Waals surface area contributed by atoms with E-state index in [1.807, 2.05) is 37.3 Å². The van der Waals surface area contributed by atoms with Crippen LogP contribution in [0, 0.1) is 3.57 Å². The molecule has 0 aliphatic heterocycles. The Balaban J connectivity index is 1.61. The fourth-order valence-electron chi connectivity index (χ4n) is 2.28. The molecule has 0 radical (unpaired) electrons. The maximum Gasteiger partial charge on any atom is 0.344 e. The molecule has 0 heterocycles. The summed E-state index contributed by atoms with van der Waals surface area (Å²) in [7, 11) is 0. The first-order valence-corrected chi connectivity index (χ1v) is 9.48. The average molecular weight is 467 g/mol. The fraction of sp³-hybridized carbons (Fsp3) is 0.300. The normalized spacial score (nSPS) is 11.5. The van der Waals surface area contributed by atoms with Gasteiger partial charge in [0.25, 0.3) is 5.91 Å². The second kappa shape index (κ2) is 10.8. The summed E-state index contributed by atoms with van der Waals surface area (Å²) >= 11 is 2.19. The summed E-state index contributed by atoms with van der Waals surface area (Å²) < 4.78 is 11.3. The van der Waals surface area contributed by atoms with Gasteiger partial charge >= 0.3 is 5.97 Å². The van der Waals surface area contributed by atoms with Crippen LogP contribution >= 0.6 is 22.6 Å². The molecule has 5 nitrogen and oxygen atoms in total. The van der Waals surface area contributed by atoms with Crippen molar-refractivity contribution in [2.45, 2.75) is 25.8 Å². The van der Waals surface area contributed by atoms with Crippen LogP contribution in [-0.4, -0.2) is 31.1 Å². The Bertz CT molecular complexity index is 704. The third-order valence-corrected chi connectivity index (χ3v) is 4.37. The molecule has 0 saturated heterocycles. The molecule has 0 saturated carbocycles. The number of benzene rings is 2.